The first kappa shape index (κ1) is 15.7. The molecule has 2 amide bonds. The van der Waals surface area contributed by atoms with Gasteiger partial charge in [0.25, 0.3) is 0 Å². The van der Waals surface area contributed by atoms with Gasteiger partial charge in [-0.1, -0.05) is 18.2 Å². The number of para-hydroxylation sites is 1. The molecular weight excluding hydrogens is 311 g/mol. The van der Waals surface area contributed by atoms with Crippen LogP contribution in [-0.4, -0.2) is 23.8 Å². The van der Waals surface area contributed by atoms with Crippen molar-refractivity contribution in [2.24, 2.45) is 4.99 Å². The Bertz CT molecular complexity index is 775. The second-order valence-corrected chi connectivity index (χ2v) is 5.23. The fourth-order valence-electron chi connectivity index (χ4n) is 2.22. The highest BCUT2D eigenvalue weighted by atomic mass is 19.1. The Balaban J connectivity index is 1.72. The molecule has 0 fully saturated rings. The van der Waals surface area contributed by atoms with Gasteiger partial charge >= 0.3 is 0 Å². The van der Waals surface area contributed by atoms with E-state index in [9.17, 15) is 14.0 Å². The van der Waals surface area contributed by atoms with Crippen LogP contribution in [0.1, 0.15) is 6.42 Å². The second kappa shape index (κ2) is 6.91. The highest BCUT2D eigenvalue weighted by Crippen LogP contribution is 2.13. The van der Waals surface area contributed by atoms with Gasteiger partial charge in [0.05, 0.1) is 6.42 Å². The maximum atomic E-state index is 12.9. The lowest BCUT2D eigenvalue weighted by Crippen LogP contribution is -2.45. The Morgan fingerprint density at radius 3 is 2.50 bits per heavy atom. The molecule has 0 aromatic heterocycles. The van der Waals surface area contributed by atoms with Gasteiger partial charge in [-0.25, -0.2) is 9.38 Å². The summed E-state index contributed by atoms with van der Waals surface area (Å²) in [5, 5.41) is 8.13. The molecule has 3 rings (SSSR count). The van der Waals surface area contributed by atoms with Gasteiger partial charge in [0.2, 0.25) is 17.8 Å². The molecule has 1 atom stereocenters. The first-order valence-electron chi connectivity index (χ1n) is 7.36. The molecule has 0 saturated carbocycles. The topological polar surface area (TPSA) is 82.6 Å². The molecular formula is C17H15FN4O2. The Kier molecular flexibility index (Phi) is 4.51. The van der Waals surface area contributed by atoms with Crippen LogP contribution in [0.3, 0.4) is 0 Å². The van der Waals surface area contributed by atoms with Gasteiger partial charge in [0.1, 0.15) is 11.9 Å². The minimum Gasteiger partial charge on any atom is -0.326 e. The van der Waals surface area contributed by atoms with E-state index >= 15 is 0 Å². The van der Waals surface area contributed by atoms with Crippen LogP contribution in [0.15, 0.2) is 59.6 Å². The predicted molar refractivity (Wildman–Crippen MR) is 89.1 cm³/mol. The predicted octanol–water partition coefficient (Wildman–Crippen LogP) is 2.12. The van der Waals surface area contributed by atoms with Gasteiger partial charge in [0.15, 0.2) is 0 Å². The molecule has 1 aliphatic rings. The number of halogens is 1. The molecule has 0 radical (unpaired) electrons. The van der Waals surface area contributed by atoms with Gasteiger partial charge in [-0.2, -0.15) is 0 Å². The van der Waals surface area contributed by atoms with E-state index in [1.165, 1.54) is 24.3 Å². The van der Waals surface area contributed by atoms with E-state index in [1.54, 1.807) is 24.3 Å². The van der Waals surface area contributed by atoms with Crippen molar-refractivity contribution in [2.45, 2.75) is 12.5 Å². The van der Waals surface area contributed by atoms with E-state index < -0.39 is 6.04 Å². The standard InChI is InChI=1S/C17H15FN4O2/c18-11-6-8-13(9-7-11)20-17-21-14(10-15(23)22-17)16(24)19-12-4-2-1-3-5-12/h1-9,14H,10H2,(H,19,24)(H2,20,21,22,23)/t14-/m1/s1. The maximum Gasteiger partial charge on any atom is 0.249 e. The number of guanidine groups is 1. The lowest BCUT2D eigenvalue weighted by atomic mass is 10.1. The van der Waals surface area contributed by atoms with E-state index in [4.69, 9.17) is 0 Å². The molecule has 0 aliphatic carbocycles. The van der Waals surface area contributed by atoms with Crippen LogP contribution in [0.5, 0.6) is 0 Å². The third-order valence-corrected chi connectivity index (χ3v) is 3.37. The van der Waals surface area contributed by atoms with Crippen LogP contribution in [0, 0.1) is 5.82 Å². The van der Waals surface area contributed by atoms with Crippen LogP contribution >= 0.6 is 0 Å². The molecule has 0 saturated heterocycles. The first-order valence-corrected chi connectivity index (χ1v) is 7.36. The summed E-state index contributed by atoms with van der Waals surface area (Å²) in [6.45, 7) is 0. The molecule has 0 spiro atoms. The summed E-state index contributed by atoms with van der Waals surface area (Å²) in [6.07, 6.45) is -0.0345. The molecule has 1 aliphatic heterocycles. The minimum absolute atomic E-state index is 0.0345. The number of nitrogens with one attached hydrogen (secondary N) is 3. The van der Waals surface area contributed by atoms with E-state index in [0.29, 0.717) is 11.4 Å². The molecule has 24 heavy (non-hydrogen) atoms. The number of benzene rings is 2. The van der Waals surface area contributed by atoms with Crippen LogP contribution in [0.25, 0.3) is 0 Å². The van der Waals surface area contributed by atoms with Crippen molar-refractivity contribution in [3.8, 4) is 0 Å². The normalized spacial score (nSPS) is 16.8. The number of anilines is 2. The van der Waals surface area contributed by atoms with Gasteiger partial charge in [-0.3, -0.25) is 14.9 Å². The molecule has 2 aromatic carbocycles. The van der Waals surface area contributed by atoms with Gasteiger partial charge < -0.3 is 10.6 Å². The molecule has 2 aromatic rings. The van der Waals surface area contributed by atoms with Crippen molar-refractivity contribution in [1.82, 2.24) is 5.32 Å². The first-order chi connectivity index (χ1) is 11.6. The Labute approximate surface area is 137 Å². The summed E-state index contributed by atoms with van der Waals surface area (Å²) >= 11 is 0. The fraction of sp³-hybridized carbons (Fsp3) is 0.118. The zero-order chi connectivity index (χ0) is 16.9. The summed E-state index contributed by atoms with van der Waals surface area (Å²) < 4.78 is 12.9. The van der Waals surface area contributed by atoms with Crippen LogP contribution < -0.4 is 16.0 Å². The second-order valence-electron chi connectivity index (χ2n) is 5.23. The monoisotopic (exact) mass is 326 g/mol. The number of aliphatic imine (C=N–C) groups is 1. The van der Waals surface area contributed by atoms with E-state index in [2.05, 4.69) is 20.9 Å². The zero-order valence-electron chi connectivity index (χ0n) is 12.6. The minimum atomic E-state index is -0.832. The summed E-state index contributed by atoms with van der Waals surface area (Å²) in [6, 6.07) is 13.7. The Hall–Kier alpha value is -3.22. The summed E-state index contributed by atoms with van der Waals surface area (Å²) in [5.41, 5.74) is 1.19. The van der Waals surface area contributed by atoms with E-state index in [0.717, 1.165) is 0 Å². The number of amides is 2. The van der Waals surface area contributed by atoms with Crippen molar-refractivity contribution >= 4 is 29.1 Å². The average molecular weight is 326 g/mol. The van der Waals surface area contributed by atoms with E-state index in [1.807, 2.05) is 6.07 Å². The number of carbonyl (C=O) groups is 2. The molecule has 122 valence electrons. The fourth-order valence-corrected chi connectivity index (χ4v) is 2.22. The number of rotatable bonds is 3. The molecule has 3 N–H and O–H groups in total. The molecule has 6 nitrogen and oxygen atoms in total. The Morgan fingerprint density at radius 1 is 1.08 bits per heavy atom. The van der Waals surface area contributed by atoms with Gasteiger partial charge in [-0.05, 0) is 36.4 Å². The highest BCUT2D eigenvalue weighted by Gasteiger charge is 2.27. The molecule has 0 bridgehead atoms. The number of hydrogen-bond donors (Lipinski definition) is 3. The van der Waals surface area contributed by atoms with Gasteiger partial charge in [-0.15, -0.1) is 0 Å². The largest absolute Gasteiger partial charge is 0.326 e. The third-order valence-electron chi connectivity index (χ3n) is 3.37. The zero-order valence-corrected chi connectivity index (χ0v) is 12.6. The molecule has 7 heteroatoms. The number of nitrogens with zero attached hydrogens (tertiary/aromatic N) is 1. The summed E-state index contributed by atoms with van der Waals surface area (Å²) in [7, 11) is 0. The number of carbonyl (C=O) groups excluding carboxylic acids is 2. The maximum absolute atomic E-state index is 12.9. The van der Waals surface area contributed by atoms with Crippen LogP contribution in [-0.2, 0) is 9.59 Å². The SMILES string of the molecule is O=C1C[C@H](C(=O)Nc2ccccc2)N=C(Nc2ccc(F)cc2)N1. The smallest absolute Gasteiger partial charge is 0.249 e. The molecule has 1 heterocycles. The highest BCUT2D eigenvalue weighted by molar-refractivity contribution is 6.09. The lowest BCUT2D eigenvalue weighted by molar-refractivity contribution is -0.124. The molecule has 0 unspecified atom stereocenters. The lowest BCUT2D eigenvalue weighted by Gasteiger charge is -2.21. The van der Waals surface area contributed by atoms with Crippen LogP contribution in [0.2, 0.25) is 0 Å². The van der Waals surface area contributed by atoms with Crippen molar-refractivity contribution in [3.63, 3.8) is 0 Å². The summed E-state index contributed by atoms with van der Waals surface area (Å²) in [5.74, 6) is -0.890. The average Bonchev–Trinajstić information content (AvgIpc) is 2.57. The van der Waals surface area contributed by atoms with Crippen LogP contribution in [0.4, 0.5) is 15.8 Å². The van der Waals surface area contributed by atoms with E-state index in [-0.39, 0.29) is 30.0 Å². The van der Waals surface area contributed by atoms with Crippen molar-refractivity contribution < 1.29 is 14.0 Å². The number of hydrogen-bond acceptors (Lipinski definition) is 4. The summed E-state index contributed by atoms with van der Waals surface area (Å²) in [4.78, 5) is 28.3. The van der Waals surface area contributed by atoms with Crippen molar-refractivity contribution in [1.29, 1.82) is 0 Å². The van der Waals surface area contributed by atoms with Crippen molar-refractivity contribution in [2.75, 3.05) is 10.6 Å². The third kappa shape index (κ3) is 3.95. The van der Waals surface area contributed by atoms with Crippen molar-refractivity contribution in [3.05, 3.63) is 60.4 Å². The van der Waals surface area contributed by atoms with Gasteiger partial charge in [0, 0.05) is 11.4 Å². The Morgan fingerprint density at radius 2 is 1.79 bits per heavy atom. The quantitative estimate of drug-likeness (QED) is 0.808.